The van der Waals surface area contributed by atoms with E-state index in [9.17, 15) is 0 Å². The van der Waals surface area contributed by atoms with Gasteiger partial charge in [0.2, 0.25) is 0 Å². The molecule has 1 aliphatic rings. The molecule has 1 aliphatic heterocycles. The van der Waals surface area contributed by atoms with Gasteiger partial charge in [0.05, 0.1) is 6.20 Å². The number of hydrogen-bond donors (Lipinski definition) is 0. The van der Waals surface area contributed by atoms with Crippen LogP contribution in [0.15, 0.2) is 42.9 Å². The van der Waals surface area contributed by atoms with Crippen LogP contribution in [-0.2, 0) is 0 Å². The SMILES string of the molecule is Cc1cccc([C@@H]2CCCN(c3cnccn3)C2)c1. The van der Waals surface area contributed by atoms with Crippen molar-refractivity contribution in [1.82, 2.24) is 9.97 Å². The number of nitrogens with zero attached hydrogens (tertiary/aromatic N) is 3. The van der Waals surface area contributed by atoms with Crippen LogP contribution in [-0.4, -0.2) is 23.1 Å². The molecular formula is C16H19N3. The van der Waals surface area contributed by atoms with E-state index in [0.29, 0.717) is 5.92 Å². The van der Waals surface area contributed by atoms with Crippen molar-refractivity contribution < 1.29 is 0 Å². The van der Waals surface area contributed by atoms with Crippen molar-refractivity contribution in [2.45, 2.75) is 25.7 Å². The Morgan fingerprint density at radius 3 is 3.00 bits per heavy atom. The second-order valence-electron chi connectivity index (χ2n) is 5.26. The normalized spacial score (nSPS) is 19.4. The second kappa shape index (κ2) is 5.39. The molecule has 2 aromatic rings. The smallest absolute Gasteiger partial charge is 0.147 e. The fraction of sp³-hybridized carbons (Fsp3) is 0.375. The summed E-state index contributed by atoms with van der Waals surface area (Å²) in [6.07, 6.45) is 7.84. The maximum atomic E-state index is 4.41. The largest absolute Gasteiger partial charge is 0.355 e. The number of piperidine rings is 1. The van der Waals surface area contributed by atoms with Gasteiger partial charge in [-0.2, -0.15) is 0 Å². The summed E-state index contributed by atoms with van der Waals surface area (Å²) in [6.45, 7) is 4.29. The van der Waals surface area contributed by atoms with Crippen LogP contribution in [0.3, 0.4) is 0 Å². The van der Waals surface area contributed by atoms with Crippen LogP contribution in [0, 0.1) is 6.92 Å². The Morgan fingerprint density at radius 2 is 2.21 bits per heavy atom. The standard InChI is InChI=1S/C16H19N3/c1-13-4-2-5-14(10-13)15-6-3-9-19(12-15)16-11-17-7-8-18-16/h2,4-5,7-8,10-11,15H,3,6,9,12H2,1H3/t15-/m1/s1. The topological polar surface area (TPSA) is 29.0 Å². The zero-order chi connectivity index (χ0) is 13.1. The highest BCUT2D eigenvalue weighted by atomic mass is 15.2. The first-order valence-electron chi connectivity index (χ1n) is 6.90. The second-order valence-corrected chi connectivity index (χ2v) is 5.26. The van der Waals surface area contributed by atoms with Gasteiger partial charge in [-0.1, -0.05) is 29.8 Å². The lowest BCUT2D eigenvalue weighted by atomic mass is 9.90. The Kier molecular flexibility index (Phi) is 3.45. The quantitative estimate of drug-likeness (QED) is 0.823. The van der Waals surface area contributed by atoms with Crippen LogP contribution in [0.2, 0.25) is 0 Å². The predicted octanol–water partition coefficient (Wildman–Crippen LogP) is 3.17. The first-order chi connectivity index (χ1) is 9.33. The molecule has 1 aromatic heterocycles. The molecule has 0 saturated carbocycles. The Bertz CT molecular complexity index is 539. The molecule has 3 rings (SSSR count). The fourth-order valence-electron chi connectivity index (χ4n) is 2.84. The average molecular weight is 253 g/mol. The lowest BCUT2D eigenvalue weighted by Crippen LogP contribution is -2.34. The van der Waals surface area contributed by atoms with E-state index in [4.69, 9.17) is 0 Å². The molecule has 0 unspecified atom stereocenters. The van der Waals surface area contributed by atoms with E-state index in [1.165, 1.54) is 24.0 Å². The van der Waals surface area contributed by atoms with Gasteiger partial charge in [-0.3, -0.25) is 4.98 Å². The zero-order valence-corrected chi connectivity index (χ0v) is 11.3. The third-order valence-corrected chi connectivity index (χ3v) is 3.81. The van der Waals surface area contributed by atoms with E-state index in [-0.39, 0.29) is 0 Å². The first kappa shape index (κ1) is 12.2. The van der Waals surface area contributed by atoms with Gasteiger partial charge in [0.25, 0.3) is 0 Å². The van der Waals surface area contributed by atoms with Crippen LogP contribution in [0.5, 0.6) is 0 Å². The molecule has 0 aliphatic carbocycles. The molecule has 3 nitrogen and oxygen atoms in total. The van der Waals surface area contributed by atoms with Gasteiger partial charge in [0, 0.05) is 31.4 Å². The van der Waals surface area contributed by atoms with Gasteiger partial charge in [-0.15, -0.1) is 0 Å². The van der Waals surface area contributed by atoms with Gasteiger partial charge >= 0.3 is 0 Å². The van der Waals surface area contributed by atoms with Crippen LogP contribution in [0.1, 0.15) is 29.9 Å². The van der Waals surface area contributed by atoms with E-state index in [2.05, 4.69) is 46.1 Å². The summed E-state index contributed by atoms with van der Waals surface area (Å²) in [6, 6.07) is 8.88. The highest BCUT2D eigenvalue weighted by molar-refractivity contribution is 5.38. The molecule has 3 heteroatoms. The predicted molar refractivity (Wildman–Crippen MR) is 77.4 cm³/mol. The Hall–Kier alpha value is -1.90. The molecule has 1 aromatic carbocycles. The van der Waals surface area contributed by atoms with Crippen molar-refractivity contribution in [3.8, 4) is 0 Å². The molecule has 0 radical (unpaired) electrons. The van der Waals surface area contributed by atoms with Crippen molar-refractivity contribution in [2.24, 2.45) is 0 Å². The van der Waals surface area contributed by atoms with Crippen LogP contribution >= 0.6 is 0 Å². The maximum absolute atomic E-state index is 4.41. The van der Waals surface area contributed by atoms with Gasteiger partial charge in [-0.05, 0) is 25.3 Å². The number of benzene rings is 1. The molecule has 1 saturated heterocycles. The summed E-state index contributed by atoms with van der Waals surface area (Å²) in [5.74, 6) is 1.61. The van der Waals surface area contributed by atoms with Gasteiger partial charge in [0.1, 0.15) is 5.82 Å². The molecule has 0 N–H and O–H groups in total. The van der Waals surface area contributed by atoms with Gasteiger partial charge < -0.3 is 4.90 Å². The average Bonchev–Trinajstić information content (AvgIpc) is 2.48. The highest BCUT2D eigenvalue weighted by Gasteiger charge is 2.22. The van der Waals surface area contributed by atoms with Crippen LogP contribution < -0.4 is 4.90 Å². The van der Waals surface area contributed by atoms with E-state index >= 15 is 0 Å². The summed E-state index contributed by atoms with van der Waals surface area (Å²) in [7, 11) is 0. The summed E-state index contributed by atoms with van der Waals surface area (Å²) in [5.41, 5.74) is 2.79. The third-order valence-electron chi connectivity index (χ3n) is 3.81. The lowest BCUT2D eigenvalue weighted by Gasteiger charge is -2.33. The zero-order valence-electron chi connectivity index (χ0n) is 11.3. The number of aromatic nitrogens is 2. The minimum absolute atomic E-state index is 0.607. The Morgan fingerprint density at radius 1 is 1.26 bits per heavy atom. The molecule has 1 fully saturated rings. The number of rotatable bonds is 2. The van der Waals surface area contributed by atoms with Crippen molar-refractivity contribution in [2.75, 3.05) is 18.0 Å². The number of anilines is 1. The minimum Gasteiger partial charge on any atom is -0.355 e. The van der Waals surface area contributed by atoms with Crippen LogP contribution in [0.4, 0.5) is 5.82 Å². The fourth-order valence-corrected chi connectivity index (χ4v) is 2.84. The summed E-state index contributed by atoms with van der Waals surface area (Å²) >= 11 is 0. The molecule has 2 heterocycles. The van der Waals surface area contributed by atoms with Gasteiger partial charge in [-0.25, -0.2) is 4.98 Å². The highest BCUT2D eigenvalue weighted by Crippen LogP contribution is 2.29. The van der Waals surface area contributed by atoms with E-state index in [1.807, 2.05) is 6.20 Å². The molecule has 0 bridgehead atoms. The summed E-state index contributed by atoms with van der Waals surface area (Å²) < 4.78 is 0. The summed E-state index contributed by atoms with van der Waals surface area (Å²) in [5, 5.41) is 0. The van der Waals surface area contributed by atoms with E-state index in [1.54, 1.807) is 12.4 Å². The number of aryl methyl sites for hydroxylation is 1. The number of hydrogen-bond acceptors (Lipinski definition) is 3. The lowest BCUT2D eigenvalue weighted by molar-refractivity contribution is 0.506. The summed E-state index contributed by atoms with van der Waals surface area (Å²) in [4.78, 5) is 10.9. The van der Waals surface area contributed by atoms with Crippen molar-refractivity contribution in [3.63, 3.8) is 0 Å². The molecule has 0 spiro atoms. The Labute approximate surface area is 114 Å². The minimum atomic E-state index is 0.607. The monoisotopic (exact) mass is 253 g/mol. The van der Waals surface area contributed by atoms with E-state index < -0.39 is 0 Å². The van der Waals surface area contributed by atoms with Crippen LogP contribution in [0.25, 0.3) is 0 Å². The first-order valence-corrected chi connectivity index (χ1v) is 6.90. The molecule has 1 atom stereocenters. The van der Waals surface area contributed by atoms with E-state index in [0.717, 1.165) is 18.9 Å². The van der Waals surface area contributed by atoms with Crippen molar-refractivity contribution >= 4 is 5.82 Å². The maximum Gasteiger partial charge on any atom is 0.147 e. The van der Waals surface area contributed by atoms with Crippen molar-refractivity contribution in [3.05, 3.63) is 54.0 Å². The Balaban J connectivity index is 1.78. The molecule has 98 valence electrons. The molecular weight excluding hydrogens is 234 g/mol. The third kappa shape index (κ3) is 2.75. The van der Waals surface area contributed by atoms with Gasteiger partial charge in [0.15, 0.2) is 0 Å². The molecule has 0 amide bonds. The molecule has 19 heavy (non-hydrogen) atoms. The van der Waals surface area contributed by atoms with Crippen molar-refractivity contribution in [1.29, 1.82) is 0 Å².